The van der Waals surface area contributed by atoms with Crippen molar-refractivity contribution in [3.8, 4) is 0 Å². The van der Waals surface area contributed by atoms with Gasteiger partial charge in [-0.3, -0.25) is 0 Å². The largest absolute Gasteiger partial charge is 0.393 e. The van der Waals surface area contributed by atoms with Crippen molar-refractivity contribution in [2.45, 2.75) is 45.1 Å². The van der Waals surface area contributed by atoms with Crippen molar-refractivity contribution in [2.24, 2.45) is 17.3 Å². The van der Waals surface area contributed by atoms with Crippen molar-refractivity contribution in [2.75, 3.05) is 20.1 Å². The minimum atomic E-state index is -0.0726. The van der Waals surface area contributed by atoms with Gasteiger partial charge in [-0.15, -0.1) is 0 Å². The molecule has 0 spiro atoms. The highest BCUT2D eigenvalue weighted by Crippen LogP contribution is 2.59. The van der Waals surface area contributed by atoms with Crippen LogP contribution in [0.5, 0.6) is 0 Å². The van der Waals surface area contributed by atoms with E-state index in [0.29, 0.717) is 11.3 Å². The molecule has 2 nitrogen and oxygen atoms in total. The Kier molecular flexibility index (Phi) is 4.37. The van der Waals surface area contributed by atoms with E-state index in [-0.39, 0.29) is 6.10 Å². The maximum absolute atomic E-state index is 10.5. The normalized spacial score (nSPS) is 34.8. The smallest absolute Gasteiger partial charge is 0.0588 e. The number of likely N-dealkylation sites (N-methyl/N-ethyl adjacent to an activating group) is 1. The van der Waals surface area contributed by atoms with Crippen molar-refractivity contribution in [1.29, 1.82) is 0 Å². The first-order valence-electron chi connectivity index (χ1n) is 8.52. The van der Waals surface area contributed by atoms with E-state index in [1.54, 1.807) is 0 Å². The summed E-state index contributed by atoms with van der Waals surface area (Å²) in [6.45, 7) is 4.42. The zero-order valence-corrected chi connectivity index (χ0v) is 13.5. The van der Waals surface area contributed by atoms with Crippen LogP contribution in [0.2, 0.25) is 0 Å². The van der Waals surface area contributed by atoms with Crippen LogP contribution in [0.25, 0.3) is 0 Å². The molecule has 116 valence electrons. The van der Waals surface area contributed by atoms with Crippen LogP contribution in [-0.2, 0) is 6.42 Å². The van der Waals surface area contributed by atoms with Gasteiger partial charge in [0.1, 0.15) is 0 Å². The van der Waals surface area contributed by atoms with E-state index in [4.69, 9.17) is 0 Å². The lowest BCUT2D eigenvalue weighted by molar-refractivity contribution is -0.130. The Bertz CT molecular complexity index is 450. The van der Waals surface area contributed by atoms with Gasteiger partial charge in [0.25, 0.3) is 0 Å². The van der Waals surface area contributed by atoms with E-state index < -0.39 is 0 Å². The van der Waals surface area contributed by atoms with Gasteiger partial charge in [0.15, 0.2) is 0 Å². The van der Waals surface area contributed by atoms with Crippen molar-refractivity contribution >= 4 is 0 Å². The molecular weight excluding hydrogens is 258 g/mol. The minimum absolute atomic E-state index is 0.0726. The maximum Gasteiger partial charge on any atom is 0.0588 e. The molecule has 0 aliphatic heterocycles. The molecule has 0 amide bonds. The molecule has 1 aromatic rings. The molecule has 0 aromatic heterocycles. The van der Waals surface area contributed by atoms with Crippen LogP contribution in [0.3, 0.4) is 0 Å². The molecule has 2 atom stereocenters. The van der Waals surface area contributed by atoms with Gasteiger partial charge >= 0.3 is 0 Å². The summed E-state index contributed by atoms with van der Waals surface area (Å²) in [5, 5.41) is 10.5. The molecule has 0 saturated heterocycles. The Morgan fingerprint density at radius 2 is 1.90 bits per heavy atom. The lowest BCUT2D eigenvalue weighted by Crippen LogP contribution is -2.55. The maximum atomic E-state index is 10.5. The summed E-state index contributed by atoms with van der Waals surface area (Å²) < 4.78 is 0. The summed E-state index contributed by atoms with van der Waals surface area (Å²) in [6.07, 6.45) is 6.03. The van der Waals surface area contributed by atoms with Crippen LogP contribution in [0.4, 0.5) is 0 Å². The monoisotopic (exact) mass is 287 g/mol. The Morgan fingerprint density at radius 3 is 2.52 bits per heavy atom. The van der Waals surface area contributed by atoms with Gasteiger partial charge in [0, 0.05) is 19.0 Å². The molecule has 3 fully saturated rings. The predicted molar refractivity (Wildman–Crippen MR) is 87.2 cm³/mol. The molecule has 0 heterocycles. The molecule has 21 heavy (non-hydrogen) atoms. The summed E-state index contributed by atoms with van der Waals surface area (Å²) in [7, 11) is 2.20. The zero-order chi connectivity index (χ0) is 14.9. The first-order valence-corrected chi connectivity index (χ1v) is 8.52. The molecule has 2 bridgehead atoms. The summed E-state index contributed by atoms with van der Waals surface area (Å²) in [5.74, 6) is 1.27. The van der Waals surface area contributed by atoms with Gasteiger partial charge in [0.2, 0.25) is 0 Å². The number of hydrogen-bond acceptors (Lipinski definition) is 2. The van der Waals surface area contributed by atoms with E-state index in [1.165, 1.54) is 24.8 Å². The Hall–Kier alpha value is -0.860. The van der Waals surface area contributed by atoms with Crippen molar-refractivity contribution in [3.05, 3.63) is 35.9 Å². The number of hydrogen-bond donors (Lipinski definition) is 1. The second kappa shape index (κ2) is 6.10. The zero-order valence-electron chi connectivity index (χ0n) is 13.5. The highest BCUT2D eigenvalue weighted by atomic mass is 16.3. The molecule has 4 rings (SSSR count). The van der Waals surface area contributed by atoms with E-state index in [9.17, 15) is 5.11 Å². The number of nitrogens with zero attached hydrogens (tertiary/aromatic N) is 1. The van der Waals surface area contributed by atoms with Crippen LogP contribution in [0, 0.1) is 17.3 Å². The Balaban J connectivity index is 1.48. The fourth-order valence-corrected chi connectivity index (χ4v) is 4.55. The average Bonchev–Trinajstić information content (AvgIpc) is 2.47. The third-order valence-corrected chi connectivity index (χ3v) is 6.03. The summed E-state index contributed by atoms with van der Waals surface area (Å²) in [4.78, 5) is 2.41. The lowest BCUT2D eigenvalue weighted by Gasteiger charge is -2.58. The van der Waals surface area contributed by atoms with Crippen LogP contribution in [-0.4, -0.2) is 36.2 Å². The molecule has 1 N–H and O–H groups in total. The quantitative estimate of drug-likeness (QED) is 0.867. The van der Waals surface area contributed by atoms with Gasteiger partial charge in [-0.2, -0.15) is 0 Å². The van der Waals surface area contributed by atoms with Gasteiger partial charge in [0.05, 0.1) is 6.10 Å². The SMILES string of the molecule is CCC12CC(O)C(CN(C)CCc3ccccc3)C(C1)C2. The first kappa shape index (κ1) is 15.1. The van der Waals surface area contributed by atoms with Gasteiger partial charge in [-0.1, -0.05) is 43.7 Å². The van der Waals surface area contributed by atoms with E-state index in [1.807, 2.05) is 0 Å². The number of aliphatic hydroxyl groups is 1. The molecule has 2 unspecified atom stereocenters. The molecule has 3 aliphatic carbocycles. The summed E-state index contributed by atoms with van der Waals surface area (Å²) >= 11 is 0. The number of rotatable bonds is 6. The number of fused-ring (bicyclic) bond motifs is 2. The van der Waals surface area contributed by atoms with Gasteiger partial charge in [-0.05, 0) is 49.6 Å². The second-order valence-corrected chi connectivity index (χ2v) is 7.46. The highest BCUT2D eigenvalue weighted by molar-refractivity contribution is 5.14. The first-order chi connectivity index (χ1) is 10.1. The Morgan fingerprint density at radius 1 is 1.19 bits per heavy atom. The lowest BCUT2D eigenvalue weighted by atomic mass is 9.49. The predicted octanol–water partition coefficient (Wildman–Crippen LogP) is 3.35. The van der Waals surface area contributed by atoms with E-state index in [0.717, 1.165) is 31.8 Å². The fraction of sp³-hybridized carbons (Fsp3) is 0.684. The number of aliphatic hydroxyl groups excluding tert-OH is 1. The van der Waals surface area contributed by atoms with E-state index in [2.05, 4.69) is 49.2 Å². The second-order valence-electron chi connectivity index (χ2n) is 7.46. The highest BCUT2D eigenvalue weighted by Gasteiger charge is 2.53. The third kappa shape index (κ3) is 3.17. The topological polar surface area (TPSA) is 23.5 Å². The third-order valence-electron chi connectivity index (χ3n) is 6.03. The fourth-order valence-electron chi connectivity index (χ4n) is 4.55. The molecule has 3 saturated carbocycles. The summed E-state index contributed by atoms with van der Waals surface area (Å²) in [5.41, 5.74) is 1.91. The van der Waals surface area contributed by atoms with Crippen LogP contribution >= 0.6 is 0 Å². The Labute approximate surface area is 129 Å². The molecule has 0 radical (unpaired) electrons. The molecular formula is C19H29NO. The minimum Gasteiger partial charge on any atom is -0.393 e. The number of benzene rings is 1. The standard InChI is InChI=1S/C19H29NO/c1-3-19-11-16(12-19)17(18(21)13-19)14-20(2)10-9-15-7-5-4-6-8-15/h4-8,16-18,21H,3,9-14H2,1-2H3. The average molecular weight is 287 g/mol. The molecule has 2 heteroatoms. The van der Waals surface area contributed by atoms with Gasteiger partial charge < -0.3 is 10.0 Å². The van der Waals surface area contributed by atoms with Crippen molar-refractivity contribution in [3.63, 3.8) is 0 Å². The van der Waals surface area contributed by atoms with Crippen LogP contribution in [0.15, 0.2) is 30.3 Å². The van der Waals surface area contributed by atoms with Gasteiger partial charge in [-0.25, -0.2) is 0 Å². The van der Waals surface area contributed by atoms with Crippen LogP contribution in [0.1, 0.15) is 38.2 Å². The molecule has 3 aliphatic rings. The molecule has 1 aromatic carbocycles. The van der Waals surface area contributed by atoms with Crippen LogP contribution < -0.4 is 0 Å². The van der Waals surface area contributed by atoms with Crippen molar-refractivity contribution < 1.29 is 5.11 Å². The van der Waals surface area contributed by atoms with E-state index >= 15 is 0 Å². The summed E-state index contributed by atoms with van der Waals surface area (Å²) in [6, 6.07) is 10.7. The van der Waals surface area contributed by atoms with Crippen molar-refractivity contribution in [1.82, 2.24) is 4.90 Å².